The first-order valence-electron chi connectivity index (χ1n) is 3.56. The van der Waals surface area contributed by atoms with Crippen LogP contribution in [0.15, 0.2) is 11.1 Å². The fraction of sp³-hybridized carbons (Fsp3) is 0.375. The predicted molar refractivity (Wildman–Crippen MR) is 44.6 cm³/mol. The number of nitrogens with one attached hydrogen (secondary N) is 1. The summed E-state index contributed by atoms with van der Waals surface area (Å²) in [5.41, 5.74) is 0.0955. The maximum absolute atomic E-state index is 11.1. The summed E-state index contributed by atoms with van der Waals surface area (Å²) in [5.74, 6) is -1.66. The van der Waals surface area contributed by atoms with E-state index in [0.717, 1.165) is 0 Å². The Morgan fingerprint density at radius 1 is 1.38 bits per heavy atom. The van der Waals surface area contributed by atoms with Gasteiger partial charge in [0.15, 0.2) is 0 Å². The van der Waals surface area contributed by atoms with Crippen molar-refractivity contribution in [3.05, 3.63) is 11.1 Å². The van der Waals surface area contributed by atoms with E-state index in [9.17, 15) is 9.59 Å². The van der Waals surface area contributed by atoms with Gasteiger partial charge in [-0.05, 0) is 13.8 Å². The number of hydrogen-bond donors (Lipinski definition) is 2. The summed E-state index contributed by atoms with van der Waals surface area (Å²) < 4.78 is 0. The summed E-state index contributed by atoms with van der Waals surface area (Å²) in [6, 6.07) is 1.72. The molecule has 0 aliphatic carbocycles. The topological polar surface area (TPSA) is 90.2 Å². The highest BCUT2D eigenvalue weighted by molar-refractivity contribution is 6.01. The van der Waals surface area contributed by atoms with Gasteiger partial charge in [0.2, 0.25) is 5.91 Å². The van der Waals surface area contributed by atoms with E-state index in [1.54, 1.807) is 6.07 Å². The van der Waals surface area contributed by atoms with Crippen molar-refractivity contribution in [1.29, 1.82) is 5.26 Å². The molecule has 0 aromatic heterocycles. The zero-order valence-electron chi connectivity index (χ0n) is 7.42. The molecule has 0 aliphatic rings. The number of amides is 1. The molecular weight excluding hydrogens is 172 g/mol. The van der Waals surface area contributed by atoms with Gasteiger partial charge in [0, 0.05) is 11.1 Å². The molecular formula is C8H10N2O3. The standard InChI is InChI=1S/C8H10N2O3/c1-5(6(2)8(12)13)7(11)10-4-3-9/h4H2,1-2H3,(H,10,11)(H,12,13)/b6-5-. The molecule has 2 N–H and O–H groups in total. The van der Waals surface area contributed by atoms with Crippen LogP contribution in [0.2, 0.25) is 0 Å². The van der Waals surface area contributed by atoms with Gasteiger partial charge in [0.05, 0.1) is 6.07 Å². The number of nitrogens with zero attached hydrogens (tertiary/aromatic N) is 1. The highest BCUT2D eigenvalue weighted by Crippen LogP contribution is 2.02. The van der Waals surface area contributed by atoms with Gasteiger partial charge < -0.3 is 10.4 Å². The van der Waals surface area contributed by atoms with Gasteiger partial charge in [0.1, 0.15) is 6.54 Å². The molecule has 0 heterocycles. The van der Waals surface area contributed by atoms with Crippen molar-refractivity contribution in [2.75, 3.05) is 6.54 Å². The second kappa shape index (κ2) is 4.93. The molecule has 0 saturated carbocycles. The minimum absolute atomic E-state index is 0.0181. The molecule has 1 amide bonds. The first-order chi connectivity index (χ1) is 6.00. The highest BCUT2D eigenvalue weighted by Gasteiger charge is 2.11. The maximum atomic E-state index is 11.1. The Morgan fingerprint density at radius 2 is 1.92 bits per heavy atom. The number of carboxylic acid groups (broad SMARTS) is 1. The third-order valence-electron chi connectivity index (χ3n) is 1.55. The van der Waals surface area contributed by atoms with Crippen molar-refractivity contribution in [2.45, 2.75) is 13.8 Å². The number of rotatable bonds is 3. The zero-order chi connectivity index (χ0) is 10.4. The Balaban J connectivity index is 4.51. The summed E-state index contributed by atoms with van der Waals surface area (Å²) in [6.07, 6.45) is 0. The van der Waals surface area contributed by atoms with E-state index < -0.39 is 11.9 Å². The summed E-state index contributed by atoms with van der Waals surface area (Å²) in [5, 5.41) is 18.9. The first-order valence-corrected chi connectivity index (χ1v) is 3.56. The Bertz CT molecular complexity index is 299. The van der Waals surface area contributed by atoms with Gasteiger partial charge in [-0.3, -0.25) is 4.79 Å². The van der Waals surface area contributed by atoms with E-state index in [1.165, 1.54) is 13.8 Å². The highest BCUT2D eigenvalue weighted by atomic mass is 16.4. The fourth-order valence-corrected chi connectivity index (χ4v) is 0.583. The lowest BCUT2D eigenvalue weighted by Crippen LogP contribution is -2.25. The van der Waals surface area contributed by atoms with Crippen LogP contribution in [0.25, 0.3) is 0 Å². The van der Waals surface area contributed by atoms with Gasteiger partial charge in [-0.15, -0.1) is 0 Å². The van der Waals surface area contributed by atoms with Gasteiger partial charge in [-0.2, -0.15) is 5.26 Å². The van der Waals surface area contributed by atoms with Crippen molar-refractivity contribution in [3.8, 4) is 6.07 Å². The Labute approximate surface area is 75.7 Å². The fourth-order valence-electron chi connectivity index (χ4n) is 0.583. The normalized spacial score (nSPS) is 11.2. The molecule has 0 aromatic rings. The lowest BCUT2D eigenvalue weighted by molar-refractivity contribution is -0.133. The van der Waals surface area contributed by atoms with Crippen molar-refractivity contribution >= 4 is 11.9 Å². The van der Waals surface area contributed by atoms with E-state index in [-0.39, 0.29) is 17.7 Å². The number of carboxylic acids is 1. The molecule has 0 fully saturated rings. The van der Waals surface area contributed by atoms with E-state index in [0.29, 0.717) is 0 Å². The SMILES string of the molecule is C/C(C(=O)O)=C(\C)C(=O)NCC#N. The predicted octanol–water partition coefficient (Wildman–Crippen LogP) is 0.0472. The average Bonchev–Trinajstić information content (AvgIpc) is 2.11. The average molecular weight is 182 g/mol. The van der Waals surface area contributed by atoms with Gasteiger partial charge in [0.25, 0.3) is 0 Å². The summed E-state index contributed by atoms with van der Waals surface area (Å²) >= 11 is 0. The summed E-state index contributed by atoms with van der Waals surface area (Å²) in [6.45, 7) is 2.61. The largest absolute Gasteiger partial charge is 0.478 e. The van der Waals surface area contributed by atoms with Crippen molar-refractivity contribution < 1.29 is 14.7 Å². The molecule has 5 heteroatoms. The molecule has 0 radical (unpaired) electrons. The molecule has 0 rings (SSSR count). The second-order valence-electron chi connectivity index (χ2n) is 2.40. The third-order valence-corrected chi connectivity index (χ3v) is 1.55. The molecule has 0 unspecified atom stereocenters. The summed E-state index contributed by atoms with van der Waals surface area (Å²) in [4.78, 5) is 21.5. The van der Waals surface area contributed by atoms with Crippen LogP contribution in [0.3, 0.4) is 0 Å². The molecule has 13 heavy (non-hydrogen) atoms. The van der Waals surface area contributed by atoms with E-state index in [4.69, 9.17) is 10.4 Å². The maximum Gasteiger partial charge on any atom is 0.331 e. The molecule has 0 aliphatic heterocycles. The van der Waals surface area contributed by atoms with Crippen LogP contribution >= 0.6 is 0 Å². The van der Waals surface area contributed by atoms with Gasteiger partial charge in [-0.1, -0.05) is 0 Å². The Hall–Kier alpha value is -1.83. The Morgan fingerprint density at radius 3 is 2.31 bits per heavy atom. The molecule has 70 valence electrons. The van der Waals surface area contributed by atoms with Crippen LogP contribution in [-0.4, -0.2) is 23.5 Å². The number of carbonyl (C=O) groups is 2. The van der Waals surface area contributed by atoms with Crippen LogP contribution < -0.4 is 5.32 Å². The lowest BCUT2D eigenvalue weighted by atomic mass is 10.1. The Kier molecular flexibility index (Phi) is 4.24. The first kappa shape index (κ1) is 11.2. The van der Waals surface area contributed by atoms with Crippen LogP contribution in [-0.2, 0) is 9.59 Å². The zero-order valence-corrected chi connectivity index (χ0v) is 7.42. The number of hydrogen-bond acceptors (Lipinski definition) is 3. The molecule has 0 spiro atoms. The van der Waals surface area contributed by atoms with Crippen molar-refractivity contribution in [3.63, 3.8) is 0 Å². The van der Waals surface area contributed by atoms with Crippen LogP contribution in [0.4, 0.5) is 0 Å². The molecule has 0 atom stereocenters. The lowest BCUT2D eigenvalue weighted by Gasteiger charge is -2.02. The minimum atomic E-state index is -1.13. The molecule has 5 nitrogen and oxygen atoms in total. The number of carbonyl (C=O) groups excluding carboxylic acids is 1. The van der Waals surface area contributed by atoms with Crippen LogP contribution in [0.1, 0.15) is 13.8 Å². The smallest absolute Gasteiger partial charge is 0.331 e. The second-order valence-corrected chi connectivity index (χ2v) is 2.40. The minimum Gasteiger partial charge on any atom is -0.478 e. The number of nitriles is 1. The third kappa shape index (κ3) is 3.38. The number of aliphatic carboxylic acids is 1. The van der Waals surface area contributed by atoms with Crippen LogP contribution in [0, 0.1) is 11.3 Å². The van der Waals surface area contributed by atoms with Gasteiger partial charge in [-0.25, -0.2) is 4.79 Å². The molecule has 0 saturated heterocycles. The van der Waals surface area contributed by atoms with E-state index in [2.05, 4.69) is 5.32 Å². The van der Waals surface area contributed by atoms with Gasteiger partial charge >= 0.3 is 5.97 Å². The quantitative estimate of drug-likeness (QED) is 0.476. The van der Waals surface area contributed by atoms with E-state index in [1.807, 2.05) is 0 Å². The van der Waals surface area contributed by atoms with Crippen molar-refractivity contribution in [1.82, 2.24) is 5.32 Å². The molecule has 0 aromatic carbocycles. The monoisotopic (exact) mass is 182 g/mol. The van der Waals surface area contributed by atoms with Crippen molar-refractivity contribution in [2.24, 2.45) is 0 Å². The van der Waals surface area contributed by atoms with Crippen LogP contribution in [0.5, 0.6) is 0 Å². The summed E-state index contributed by atoms with van der Waals surface area (Å²) in [7, 11) is 0. The molecule has 0 bridgehead atoms. The van der Waals surface area contributed by atoms with E-state index >= 15 is 0 Å².